The van der Waals surface area contributed by atoms with Crippen LogP contribution in [0.3, 0.4) is 0 Å². The number of aromatic hydroxyl groups is 1. The van der Waals surface area contributed by atoms with E-state index < -0.39 is 64.3 Å². The third-order valence-electron chi connectivity index (χ3n) is 7.18. The Kier molecular flexibility index (Phi) is 5.04. The van der Waals surface area contributed by atoms with E-state index >= 15 is 0 Å². The van der Waals surface area contributed by atoms with E-state index in [-0.39, 0.29) is 41.8 Å². The molecule has 2 amide bonds. The van der Waals surface area contributed by atoms with Gasteiger partial charge in [0.05, 0.1) is 17.9 Å². The third-order valence-corrected chi connectivity index (χ3v) is 7.18. The summed E-state index contributed by atoms with van der Waals surface area (Å²) in [7, 11) is 0. The number of carbonyl (C=O) groups is 4. The Bertz CT molecular complexity index is 1320. The molecule has 2 aromatic rings. The molecule has 2 unspecified atom stereocenters. The van der Waals surface area contributed by atoms with Crippen LogP contribution in [0.5, 0.6) is 5.75 Å². The fraction of sp³-hybridized carbons (Fsp3) is 0.348. The van der Waals surface area contributed by atoms with Gasteiger partial charge in [0.2, 0.25) is 11.7 Å². The fourth-order valence-corrected chi connectivity index (χ4v) is 5.56. The predicted octanol–water partition coefficient (Wildman–Crippen LogP) is -0.0142. The number of phenols is 1. The van der Waals surface area contributed by atoms with Crippen molar-refractivity contribution in [1.82, 2.24) is 5.16 Å². The second-order valence-electron chi connectivity index (χ2n) is 9.06. The van der Waals surface area contributed by atoms with Crippen molar-refractivity contribution in [2.24, 2.45) is 23.5 Å². The smallest absolute Gasteiger partial charge is 0.294 e. The molecule has 1 aromatic heterocycles. The van der Waals surface area contributed by atoms with Gasteiger partial charge >= 0.3 is 0 Å². The lowest BCUT2D eigenvalue weighted by Crippen LogP contribution is -2.63. The van der Waals surface area contributed by atoms with Crippen LogP contribution in [-0.2, 0) is 16.0 Å². The maximum atomic E-state index is 13.5. The second-order valence-corrected chi connectivity index (χ2v) is 9.06. The van der Waals surface area contributed by atoms with Crippen LogP contribution in [-0.4, -0.2) is 60.7 Å². The molecular weight excluding hydrogens is 462 g/mol. The first-order valence-corrected chi connectivity index (χ1v) is 10.8. The Morgan fingerprint density at radius 2 is 1.91 bits per heavy atom. The molecule has 3 aliphatic rings. The molecule has 0 radical (unpaired) electrons. The number of phenolic OH excluding ortho intramolecular Hbond substituents is 1. The monoisotopic (exact) mass is 483 g/mol. The Morgan fingerprint density at radius 1 is 1.17 bits per heavy atom. The van der Waals surface area contributed by atoms with Crippen molar-refractivity contribution in [3.63, 3.8) is 0 Å². The van der Waals surface area contributed by atoms with Crippen LogP contribution in [0, 0.1) is 17.8 Å². The van der Waals surface area contributed by atoms with Gasteiger partial charge in [0, 0.05) is 23.2 Å². The molecule has 12 heteroatoms. The van der Waals surface area contributed by atoms with E-state index in [1.807, 2.05) is 0 Å². The number of ketones is 2. The lowest BCUT2D eigenvalue weighted by molar-refractivity contribution is -0.167. The van der Waals surface area contributed by atoms with Gasteiger partial charge in [0.25, 0.3) is 5.91 Å². The Balaban J connectivity index is 1.59. The highest BCUT2D eigenvalue weighted by molar-refractivity contribution is 6.16. The summed E-state index contributed by atoms with van der Waals surface area (Å²) < 4.78 is 4.84. The molecular formula is C23H21N3O9. The summed E-state index contributed by atoms with van der Waals surface area (Å²) in [6, 6.07) is 3.95. The number of nitrogens with one attached hydrogen (secondary N) is 1. The van der Waals surface area contributed by atoms with Gasteiger partial charge in [-0.25, -0.2) is 0 Å². The van der Waals surface area contributed by atoms with Crippen molar-refractivity contribution in [3.8, 4) is 5.75 Å². The van der Waals surface area contributed by atoms with Gasteiger partial charge < -0.3 is 36.0 Å². The molecule has 1 fully saturated rings. The first-order valence-electron chi connectivity index (χ1n) is 10.8. The zero-order chi connectivity index (χ0) is 25.2. The minimum atomic E-state index is -2.58. The fourth-order valence-electron chi connectivity index (χ4n) is 5.56. The van der Waals surface area contributed by atoms with Crippen LogP contribution in [0.2, 0.25) is 0 Å². The number of aliphatic hydroxyl groups is 3. The number of nitrogens with two attached hydrogens (primary N) is 1. The molecule has 1 aromatic carbocycles. The summed E-state index contributed by atoms with van der Waals surface area (Å²) >= 11 is 0. The van der Waals surface area contributed by atoms with Crippen LogP contribution < -0.4 is 11.1 Å². The molecule has 12 nitrogen and oxygen atoms in total. The zero-order valence-electron chi connectivity index (χ0n) is 18.1. The number of carbonyl (C=O) groups excluding carboxylic acids is 4. The van der Waals surface area contributed by atoms with E-state index in [1.54, 1.807) is 0 Å². The average Bonchev–Trinajstić information content (AvgIpc) is 3.33. The van der Waals surface area contributed by atoms with Crippen LogP contribution in [0.1, 0.15) is 39.3 Å². The Morgan fingerprint density at radius 3 is 2.57 bits per heavy atom. The van der Waals surface area contributed by atoms with Crippen LogP contribution in [0.15, 0.2) is 40.3 Å². The zero-order valence-corrected chi connectivity index (χ0v) is 18.1. The number of aliphatic hydroxyl groups excluding tert-OH is 2. The highest BCUT2D eigenvalue weighted by atomic mass is 16.5. The van der Waals surface area contributed by atoms with Gasteiger partial charge in [-0.1, -0.05) is 5.16 Å². The summed E-state index contributed by atoms with van der Waals surface area (Å²) in [4.78, 5) is 50.7. The molecule has 182 valence electrons. The van der Waals surface area contributed by atoms with Crippen molar-refractivity contribution >= 4 is 29.1 Å². The number of aromatic nitrogens is 1. The molecule has 3 aliphatic carbocycles. The minimum Gasteiger partial charge on any atom is -0.508 e. The van der Waals surface area contributed by atoms with E-state index in [2.05, 4.69) is 10.5 Å². The van der Waals surface area contributed by atoms with Crippen molar-refractivity contribution in [2.45, 2.75) is 31.0 Å². The maximum absolute atomic E-state index is 13.5. The summed E-state index contributed by atoms with van der Waals surface area (Å²) in [6.45, 7) is 0. The van der Waals surface area contributed by atoms with Gasteiger partial charge in [0.1, 0.15) is 17.4 Å². The lowest BCUT2D eigenvalue weighted by atomic mass is 9.58. The van der Waals surface area contributed by atoms with E-state index in [0.717, 1.165) is 0 Å². The molecule has 5 rings (SSSR count). The normalized spacial score (nSPS) is 29.8. The largest absolute Gasteiger partial charge is 0.508 e. The number of benzene rings is 1. The number of fused-ring (bicyclic) bond motifs is 3. The molecule has 7 N–H and O–H groups in total. The average molecular weight is 483 g/mol. The van der Waals surface area contributed by atoms with Gasteiger partial charge in [-0.3, -0.25) is 19.2 Å². The molecule has 0 aliphatic heterocycles. The van der Waals surface area contributed by atoms with Crippen LogP contribution >= 0.6 is 0 Å². The van der Waals surface area contributed by atoms with Gasteiger partial charge in [0.15, 0.2) is 17.2 Å². The number of Topliss-reactive ketones (excluding diaryl/α,β-unsaturated/α-hetero) is 2. The summed E-state index contributed by atoms with van der Waals surface area (Å²) in [5, 5.41) is 49.1. The number of amides is 2. The number of anilines is 1. The first kappa shape index (κ1) is 22.7. The molecule has 1 heterocycles. The molecule has 0 spiro atoms. The Labute approximate surface area is 197 Å². The van der Waals surface area contributed by atoms with Gasteiger partial charge in [-0.05, 0) is 42.9 Å². The summed E-state index contributed by atoms with van der Waals surface area (Å²) in [6.07, 6.45) is -0.291. The second kappa shape index (κ2) is 7.75. The number of hydrogen-bond acceptors (Lipinski definition) is 10. The molecule has 0 bridgehead atoms. The number of rotatable bonds is 3. The highest BCUT2D eigenvalue weighted by Crippen LogP contribution is 2.52. The van der Waals surface area contributed by atoms with E-state index in [1.165, 1.54) is 24.4 Å². The van der Waals surface area contributed by atoms with Crippen molar-refractivity contribution < 1.29 is 44.1 Å². The van der Waals surface area contributed by atoms with Crippen LogP contribution in [0.25, 0.3) is 0 Å². The minimum absolute atomic E-state index is 0.0144. The van der Waals surface area contributed by atoms with Crippen LogP contribution in [0.4, 0.5) is 5.69 Å². The van der Waals surface area contributed by atoms with Gasteiger partial charge in [-0.2, -0.15) is 0 Å². The summed E-state index contributed by atoms with van der Waals surface area (Å²) in [5.41, 5.74) is 2.71. The summed E-state index contributed by atoms with van der Waals surface area (Å²) in [5.74, 6) is -8.63. The van der Waals surface area contributed by atoms with Gasteiger partial charge in [-0.15, -0.1) is 0 Å². The maximum Gasteiger partial charge on any atom is 0.294 e. The first-order chi connectivity index (χ1) is 16.6. The van der Waals surface area contributed by atoms with Crippen molar-refractivity contribution in [3.05, 3.63) is 52.6 Å². The molecule has 1 saturated carbocycles. The number of hydrogen-bond donors (Lipinski definition) is 6. The van der Waals surface area contributed by atoms with E-state index in [0.29, 0.717) is 5.56 Å². The standard InChI is InChI=1S/C23H21N3O9/c24-21(32)17-13(28)7-9-5-8-6-10-11(26-22(33)14-3-4-25-35-14)1-2-12(27)16(10)18(29)15(8)19(30)23(9,34)20(17)31/h1-4,8-9,13,17,27-28,30,34H,5-7H2,(H2,24,32)(H,26,33)/t8-,9+,13?,17?,23+/m1/s1. The Hall–Kier alpha value is -4.03. The molecule has 35 heavy (non-hydrogen) atoms. The number of allylic oxidation sites excluding steroid dienone is 1. The topological polar surface area (TPSA) is 213 Å². The molecule has 5 atom stereocenters. The third kappa shape index (κ3) is 3.17. The molecule has 0 saturated heterocycles. The number of primary amides is 1. The highest BCUT2D eigenvalue weighted by Gasteiger charge is 2.62. The SMILES string of the molecule is NC(=O)C1C(=O)[C@@]2(O)C(O)=C3C(=O)c4c(O)ccc(NC(=O)c5ccno5)c4C[C@H]3C[C@H]2CC1O. The lowest BCUT2D eigenvalue weighted by Gasteiger charge is -2.48. The van der Waals surface area contributed by atoms with Crippen molar-refractivity contribution in [2.75, 3.05) is 5.32 Å². The van der Waals surface area contributed by atoms with E-state index in [9.17, 15) is 39.6 Å². The van der Waals surface area contributed by atoms with E-state index in [4.69, 9.17) is 10.3 Å². The quantitative estimate of drug-likeness (QED) is 0.253. The predicted molar refractivity (Wildman–Crippen MR) is 115 cm³/mol. The van der Waals surface area contributed by atoms with Crippen molar-refractivity contribution in [1.29, 1.82) is 0 Å². The number of nitrogens with zero attached hydrogens (tertiary/aromatic N) is 1.